The summed E-state index contributed by atoms with van der Waals surface area (Å²) >= 11 is 0. The molecule has 27 heavy (non-hydrogen) atoms. The molecule has 0 saturated carbocycles. The molecule has 3 rings (SSSR count). The lowest BCUT2D eigenvalue weighted by Crippen LogP contribution is -2.27. The molecular formula is C22H29N3O2. The van der Waals surface area contributed by atoms with Crippen molar-refractivity contribution in [2.75, 3.05) is 31.2 Å². The molecule has 0 amide bonds. The van der Waals surface area contributed by atoms with Crippen LogP contribution in [0.2, 0.25) is 0 Å². The number of ether oxygens (including phenoxy) is 1. The van der Waals surface area contributed by atoms with Crippen LogP contribution >= 0.6 is 0 Å². The van der Waals surface area contributed by atoms with Crippen LogP contribution in [0, 0.1) is 5.92 Å². The molecule has 144 valence electrons. The molecule has 1 saturated heterocycles. The van der Waals surface area contributed by atoms with Crippen LogP contribution in [0.1, 0.15) is 48.0 Å². The van der Waals surface area contributed by atoms with Gasteiger partial charge in [-0.3, -0.25) is 4.79 Å². The first-order valence-electron chi connectivity index (χ1n) is 9.77. The van der Waals surface area contributed by atoms with Gasteiger partial charge in [-0.25, -0.2) is 0 Å². The second-order valence-electron chi connectivity index (χ2n) is 7.23. The Morgan fingerprint density at radius 3 is 2.37 bits per heavy atom. The van der Waals surface area contributed by atoms with E-state index < -0.39 is 0 Å². The van der Waals surface area contributed by atoms with Crippen molar-refractivity contribution >= 4 is 17.2 Å². The van der Waals surface area contributed by atoms with Crippen molar-refractivity contribution in [2.45, 2.75) is 32.1 Å². The van der Waals surface area contributed by atoms with Gasteiger partial charge in [0.15, 0.2) is 5.78 Å². The average molecular weight is 367 g/mol. The van der Waals surface area contributed by atoms with Crippen LogP contribution in [0.15, 0.2) is 42.5 Å². The number of nitrogens with one attached hydrogen (secondary N) is 1. The number of nitrogens with two attached hydrogens (primary N) is 2. The molecule has 0 spiro atoms. The SMILES string of the molecule is Nc1ccc(C(=O)c2ccc(OCCCCC3CCNCC3)cc2)cc1N. The number of carbonyl (C=O) groups excluding carboxylic acids is 1. The summed E-state index contributed by atoms with van der Waals surface area (Å²) in [5.41, 5.74) is 13.5. The third-order valence-corrected chi connectivity index (χ3v) is 5.20. The number of benzene rings is 2. The minimum absolute atomic E-state index is 0.0739. The highest BCUT2D eigenvalue weighted by Gasteiger charge is 2.12. The quantitative estimate of drug-likeness (QED) is 0.376. The van der Waals surface area contributed by atoms with E-state index in [2.05, 4.69) is 5.32 Å². The highest BCUT2D eigenvalue weighted by Crippen LogP contribution is 2.21. The van der Waals surface area contributed by atoms with E-state index in [0.29, 0.717) is 29.1 Å². The maximum absolute atomic E-state index is 12.5. The van der Waals surface area contributed by atoms with Crippen LogP contribution in [0.4, 0.5) is 11.4 Å². The van der Waals surface area contributed by atoms with Gasteiger partial charge in [-0.05, 0) is 87.2 Å². The van der Waals surface area contributed by atoms with Gasteiger partial charge >= 0.3 is 0 Å². The number of ketones is 1. The van der Waals surface area contributed by atoms with Gasteiger partial charge in [-0.2, -0.15) is 0 Å². The Hall–Kier alpha value is -2.53. The molecule has 1 heterocycles. The molecule has 5 heteroatoms. The second kappa shape index (κ2) is 9.42. The molecule has 2 aromatic rings. The summed E-state index contributed by atoms with van der Waals surface area (Å²) in [5.74, 6) is 1.60. The largest absolute Gasteiger partial charge is 0.494 e. The Balaban J connectivity index is 1.44. The number of unbranched alkanes of at least 4 members (excludes halogenated alkanes) is 1. The third-order valence-electron chi connectivity index (χ3n) is 5.20. The van der Waals surface area contributed by atoms with Crippen LogP contribution in [-0.2, 0) is 0 Å². The number of hydrogen-bond acceptors (Lipinski definition) is 5. The molecule has 0 unspecified atom stereocenters. The molecule has 0 atom stereocenters. The maximum Gasteiger partial charge on any atom is 0.193 e. The summed E-state index contributed by atoms with van der Waals surface area (Å²) in [6, 6.07) is 12.2. The molecule has 0 bridgehead atoms. The lowest BCUT2D eigenvalue weighted by molar-refractivity contribution is 0.103. The summed E-state index contributed by atoms with van der Waals surface area (Å²) < 4.78 is 5.81. The van der Waals surface area contributed by atoms with Crippen molar-refractivity contribution in [2.24, 2.45) is 5.92 Å². The smallest absolute Gasteiger partial charge is 0.193 e. The van der Waals surface area contributed by atoms with Crippen molar-refractivity contribution in [3.63, 3.8) is 0 Å². The Labute approximate surface area is 161 Å². The first-order chi connectivity index (χ1) is 13.1. The lowest BCUT2D eigenvalue weighted by Gasteiger charge is -2.22. The Bertz CT molecular complexity index is 753. The van der Waals surface area contributed by atoms with E-state index in [9.17, 15) is 4.79 Å². The lowest BCUT2D eigenvalue weighted by atomic mass is 9.93. The predicted octanol–water partition coefficient (Wildman–Crippen LogP) is 3.63. The first-order valence-corrected chi connectivity index (χ1v) is 9.77. The van der Waals surface area contributed by atoms with Crippen molar-refractivity contribution < 1.29 is 9.53 Å². The van der Waals surface area contributed by atoms with E-state index in [1.165, 1.54) is 25.7 Å². The molecule has 0 aliphatic carbocycles. The standard InChI is InChI=1S/C22H29N3O2/c23-20-9-6-18(15-21(20)24)22(26)17-4-7-19(8-5-17)27-14-2-1-3-16-10-12-25-13-11-16/h4-9,15-16,25H,1-3,10-14,23-24H2. The number of rotatable bonds is 8. The molecule has 5 N–H and O–H groups in total. The van der Waals surface area contributed by atoms with E-state index in [1.807, 2.05) is 12.1 Å². The highest BCUT2D eigenvalue weighted by atomic mass is 16.5. The van der Waals surface area contributed by atoms with Gasteiger partial charge in [-0.1, -0.05) is 6.42 Å². The van der Waals surface area contributed by atoms with Crippen molar-refractivity contribution in [1.82, 2.24) is 5.32 Å². The summed E-state index contributed by atoms with van der Waals surface area (Å²) in [6.07, 6.45) is 6.17. The molecular weight excluding hydrogens is 338 g/mol. The van der Waals surface area contributed by atoms with Crippen molar-refractivity contribution in [3.8, 4) is 5.75 Å². The molecule has 2 aromatic carbocycles. The van der Waals surface area contributed by atoms with Gasteiger partial charge in [0.2, 0.25) is 0 Å². The van der Waals surface area contributed by atoms with E-state index in [0.717, 1.165) is 31.2 Å². The fourth-order valence-corrected chi connectivity index (χ4v) is 3.48. The fourth-order valence-electron chi connectivity index (χ4n) is 3.48. The topological polar surface area (TPSA) is 90.4 Å². The number of anilines is 2. The Morgan fingerprint density at radius 2 is 1.67 bits per heavy atom. The van der Waals surface area contributed by atoms with E-state index >= 15 is 0 Å². The predicted molar refractivity (Wildman–Crippen MR) is 110 cm³/mol. The van der Waals surface area contributed by atoms with Gasteiger partial charge in [0.1, 0.15) is 5.75 Å². The number of hydrogen-bond donors (Lipinski definition) is 3. The van der Waals surface area contributed by atoms with E-state index in [-0.39, 0.29) is 5.78 Å². The Morgan fingerprint density at radius 1 is 0.963 bits per heavy atom. The average Bonchev–Trinajstić information content (AvgIpc) is 2.70. The van der Waals surface area contributed by atoms with Crippen molar-refractivity contribution in [1.29, 1.82) is 0 Å². The monoisotopic (exact) mass is 367 g/mol. The number of carbonyl (C=O) groups is 1. The number of nitrogen functional groups attached to an aromatic ring is 2. The molecule has 1 fully saturated rings. The zero-order chi connectivity index (χ0) is 19.1. The van der Waals surface area contributed by atoms with E-state index in [4.69, 9.17) is 16.2 Å². The minimum atomic E-state index is -0.0739. The third kappa shape index (κ3) is 5.47. The minimum Gasteiger partial charge on any atom is -0.494 e. The first kappa shape index (κ1) is 19.2. The van der Waals surface area contributed by atoms with Crippen LogP contribution in [0.25, 0.3) is 0 Å². The van der Waals surface area contributed by atoms with Gasteiger partial charge in [0.05, 0.1) is 18.0 Å². The maximum atomic E-state index is 12.5. The Kier molecular flexibility index (Phi) is 6.71. The van der Waals surface area contributed by atoms with Crippen LogP contribution in [-0.4, -0.2) is 25.5 Å². The van der Waals surface area contributed by atoms with Crippen LogP contribution in [0.5, 0.6) is 5.75 Å². The highest BCUT2D eigenvalue weighted by molar-refractivity contribution is 6.09. The summed E-state index contributed by atoms with van der Waals surface area (Å²) in [4.78, 5) is 12.5. The fraction of sp³-hybridized carbons (Fsp3) is 0.409. The molecule has 5 nitrogen and oxygen atoms in total. The van der Waals surface area contributed by atoms with Crippen LogP contribution in [0.3, 0.4) is 0 Å². The molecule has 1 aliphatic rings. The second-order valence-corrected chi connectivity index (χ2v) is 7.23. The normalized spacial score (nSPS) is 14.8. The molecule has 1 aliphatic heterocycles. The van der Waals surface area contributed by atoms with Crippen molar-refractivity contribution in [3.05, 3.63) is 53.6 Å². The zero-order valence-electron chi connectivity index (χ0n) is 15.7. The molecule has 0 aromatic heterocycles. The summed E-state index contributed by atoms with van der Waals surface area (Å²) in [7, 11) is 0. The van der Waals surface area contributed by atoms with Gasteiger partial charge < -0.3 is 21.5 Å². The molecule has 0 radical (unpaired) electrons. The van der Waals surface area contributed by atoms with Crippen LogP contribution < -0.4 is 21.5 Å². The number of piperidine rings is 1. The summed E-state index contributed by atoms with van der Waals surface area (Å²) in [5, 5.41) is 3.41. The van der Waals surface area contributed by atoms with Gasteiger partial charge in [0, 0.05) is 11.1 Å². The van der Waals surface area contributed by atoms with E-state index in [1.54, 1.807) is 30.3 Å². The van der Waals surface area contributed by atoms with Gasteiger partial charge in [-0.15, -0.1) is 0 Å². The zero-order valence-corrected chi connectivity index (χ0v) is 15.7. The summed E-state index contributed by atoms with van der Waals surface area (Å²) in [6.45, 7) is 3.04. The van der Waals surface area contributed by atoms with Gasteiger partial charge in [0.25, 0.3) is 0 Å².